The highest BCUT2D eigenvalue weighted by Crippen LogP contribution is 2.25. The molecule has 0 bridgehead atoms. The Morgan fingerprint density at radius 1 is 0.950 bits per heavy atom. The van der Waals surface area contributed by atoms with Gasteiger partial charge < -0.3 is 4.57 Å². The first-order valence-corrected chi connectivity index (χ1v) is 6.56. The summed E-state index contributed by atoms with van der Waals surface area (Å²) in [5, 5.41) is 0. The highest BCUT2D eigenvalue weighted by molar-refractivity contribution is 5.80. The Morgan fingerprint density at radius 2 is 1.75 bits per heavy atom. The highest BCUT2D eigenvalue weighted by Gasteiger charge is 2.07. The SMILES string of the molecule is Cn1ccc(/C=C/c2ccccc2)c2ccc(=O)cc1-2. The van der Waals surface area contributed by atoms with Crippen molar-refractivity contribution >= 4 is 12.2 Å². The van der Waals surface area contributed by atoms with E-state index in [0.717, 1.165) is 22.4 Å². The van der Waals surface area contributed by atoms with Crippen molar-refractivity contribution in [3.8, 4) is 11.3 Å². The van der Waals surface area contributed by atoms with Gasteiger partial charge in [-0.25, -0.2) is 0 Å². The third kappa shape index (κ3) is 2.41. The van der Waals surface area contributed by atoms with Gasteiger partial charge in [0.15, 0.2) is 5.43 Å². The van der Waals surface area contributed by atoms with Crippen molar-refractivity contribution in [1.82, 2.24) is 4.57 Å². The van der Waals surface area contributed by atoms with Crippen LogP contribution in [-0.4, -0.2) is 4.57 Å². The molecule has 3 rings (SSSR count). The molecule has 0 spiro atoms. The van der Waals surface area contributed by atoms with Crippen molar-refractivity contribution in [2.24, 2.45) is 7.05 Å². The zero-order valence-electron chi connectivity index (χ0n) is 11.3. The zero-order chi connectivity index (χ0) is 13.9. The Labute approximate surface area is 118 Å². The lowest BCUT2D eigenvalue weighted by atomic mass is 10.0. The molecule has 2 nitrogen and oxygen atoms in total. The van der Waals surface area contributed by atoms with Crippen LogP contribution in [0.25, 0.3) is 23.4 Å². The van der Waals surface area contributed by atoms with Gasteiger partial charge in [0, 0.05) is 24.9 Å². The van der Waals surface area contributed by atoms with E-state index < -0.39 is 0 Å². The predicted molar refractivity (Wildman–Crippen MR) is 83.7 cm³/mol. The summed E-state index contributed by atoms with van der Waals surface area (Å²) in [7, 11) is 1.95. The topological polar surface area (TPSA) is 22.0 Å². The Balaban J connectivity index is 2.07. The van der Waals surface area contributed by atoms with Gasteiger partial charge in [-0.05, 0) is 29.3 Å². The predicted octanol–water partition coefficient (Wildman–Crippen LogP) is 3.66. The molecule has 0 radical (unpaired) electrons. The summed E-state index contributed by atoms with van der Waals surface area (Å²) in [6.45, 7) is 0. The summed E-state index contributed by atoms with van der Waals surface area (Å²) in [5.74, 6) is 0. The Bertz CT molecular complexity index is 784. The van der Waals surface area contributed by atoms with Crippen LogP contribution in [0, 0.1) is 0 Å². The number of benzene rings is 2. The van der Waals surface area contributed by atoms with Crippen molar-refractivity contribution in [3.05, 3.63) is 82.1 Å². The largest absolute Gasteiger partial charge is 0.350 e. The van der Waals surface area contributed by atoms with E-state index in [2.05, 4.69) is 30.4 Å². The lowest BCUT2D eigenvalue weighted by Crippen LogP contribution is -2.05. The molecule has 0 aromatic heterocycles. The van der Waals surface area contributed by atoms with Gasteiger partial charge in [0.1, 0.15) is 0 Å². The van der Waals surface area contributed by atoms with E-state index in [1.165, 1.54) is 0 Å². The van der Waals surface area contributed by atoms with Gasteiger partial charge >= 0.3 is 0 Å². The maximum absolute atomic E-state index is 11.5. The first-order valence-electron chi connectivity index (χ1n) is 6.56. The van der Waals surface area contributed by atoms with E-state index in [1.807, 2.05) is 42.1 Å². The van der Waals surface area contributed by atoms with Gasteiger partial charge in [-0.15, -0.1) is 0 Å². The molecule has 0 N–H and O–H groups in total. The molecule has 0 amide bonds. The van der Waals surface area contributed by atoms with Crippen LogP contribution >= 0.6 is 0 Å². The molecule has 0 saturated heterocycles. The normalized spacial score (nSPS) is 11.2. The summed E-state index contributed by atoms with van der Waals surface area (Å²) in [5.41, 5.74) is 4.35. The summed E-state index contributed by atoms with van der Waals surface area (Å²) < 4.78 is 1.97. The summed E-state index contributed by atoms with van der Waals surface area (Å²) in [6.07, 6.45) is 6.15. The molecule has 0 unspecified atom stereocenters. The lowest BCUT2D eigenvalue weighted by Gasteiger charge is -2.13. The van der Waals surface area contributed by atoms with Crippen LogP contribution in [0.1, 0.15) is 11.1 Å². The minimum absolute atomic E-state index is 0.0392. The minimum Gasteiger partial charge on any atom is -0.350 e. The molecule has 2 heteroatoms. The maximum atomic E-state index is 11.5. The molecule has 0 atom stereocenters. The fourth-order valence-corrected chi connectivity index (χ4v) is 2.31. The molecule has 2 aliphatic rings. The average Bonchev–Trinajstić information content (AvgIpc) is 2.48. The Kier molecular flexibility index (Phi) is 3.21. The van der Waals surface area contributed by atoms with Crippen LogP contribution < -0.4 is 5.43 Å². The van der Waals surface area contributed by atoms with Crippen LogP contribution in [0.2, 0.25) is 0 Å². The Morgan fingerprint density at radius 3 is 2.55 bits per heavy atom. The van der Waals surface area contributed by atoms with Gasteiger partial charge in [-0.1, -0.05) is 42.5 Å². The molecular formula is C18H15NO. The number of hydrogen-bond donors (Lipinski definition) is 0. The van der Waals surface area contributed by atoms with Crippen LogP contribution in [0.15, 0.2) is 65.6 Å². The molecule has 98 valence electrons. The number of pyridine rings is 1. The molecule has 1 aliphatic carbocycles. The third-order valence-corrected chi connectivity index (χ3v) is 3.39. The third-order valence-electron chi connectivity index (χ3n) is 3.39. The fourth-order valence-electron chi connectivity index (χ4n) is 2.31. The van der Waals surface area contributed by atoms with Crippen LogP contribution in [-0.2, 0) is 7.05 Å². The standard InChI is InChI=1S/C18H15NO/c1-19-12-11-15(8-7-14-5-3-2-4-6-14)17-10-9-16(20)13-18(17)19/h2-13H,1H3/b8-7+. The fraction of sp³-hybridized carbons (Fsp3) is 0.0556. The number of nitrogens with zero attached hydrogens (tertiary/aromatic N) is 1. The van der Waals surface area contributed by atoms with Crippen molar-refractivity contribution in [2.75, 3.05) is 0 Å². The first-order chi connectivity index (χ1) is 9.74. The molecule has 0 saturated carbocycles. The number of hydrogen-bond acceptors (Lipinski definition) is 1. The van der Waals surface area contributed by atoms with Crippen LogP contribution in [0.5, 0.6) is 0 Å². The number of aryl methyl sites for hydroxylation is 1. The molecule has 0 fully saturated rings. The quantitative estimate of drug-likeness (QED) is 0.690. The summed E-state index contributed by atoms with van der Waals surface area (Å²) in [4.78, 5) is 11.5. The number of rotatable bonds is 2. The number of fused-ring (bicyclic) bond motifs is 1. The van der Waals surface area contributed by atoms with Gasteiger partial charge in [-0.3, -0.25) is 4.79 Å². The molecule has 1 aliphatic heterocycles. The highest BCUT2D eigenvalue weighted by atomic mass is 16.1. The maximum Gasteiger partial charge on any atom is 0.180 e. The lowest BCUT2D eigenvalue weighted by molar-refractivity contribution is 0.910. The minimum atomic E-state index is 0.0392. The van der Waals surface area contributed by atoms with Crippen molar-refractivity contribution < 1.29 is 0 Å². The van der Waals surface area contributed by atoms with Gasteiger partial charge in [-0.2, -0.15) is 0 Å². The van der Waals surface area contributed by atoms with E-state index in [-0.39, 0.29) is 5.43 Å². The van der Waals surface area contributed by atoms with E-state index in [9.17, 15) is 4.79 Å². The van der Waals surface area contributed by atoms with Crippen molar-refractivity contribution in [3.63, 3.8) is 0 Å². The first kappa shape index (κ1) is 12.4. The van der Waals surface area contributed by atoms with Crippen LogP contribution in [0.3, 0.4) is 0 Å². The molecule has 1 heterocycles. The van der Waals surface area contributed by atoms with Gasteiger partial charge in [0.25, 0.3) is 0 Å². The van der Waals surface area contributed by atoms with Crippen LogP contribution in [0.4, 0.5) is 0 Å². The van der Waals surface area contributed by atoms with E-state index in [4.69, 9.17) is 0 Å². The monoisotopic (exact) mass is 261 g/mol. The Hall–Kier alpha value is -2.61. The van der Waals surface area contributed by atoms with Crippen molar-refractivity contribution in [1.29, 1.82) is 0 Å². The second-order valence-electron chi connectivity index (χ2n) is 4.80. The average molecular weight is 261 g/mol. The number of aromatic nitrogens is 1. The summed E-state index contributed by atoms with van der Waals surface area (Å²) in [6, 6.07) is 17.4. The second kappa shape index (κ2) is 5.17. The smallest absolute Gasteiger partial charge is 0.180 e. The van der Waals surface area contributed by atoms with E-state index >= 15 is 0 Å². The van der Waals surface area contributed by atoms with Crippen molar-refractivity contribution in [2.45, 2.75) is 0 Å². The van der Waals surface area contributed by atoms with Gasteiger partial charge in [0.2, 0.25) is 0 Å². The summed E-state index contributed by atoms with van der Waals surface area (Å²) >= 11 is 0. The second-order valence-corrected chi connectivity index (χ2v) is 4.80. The molecule has 20 heavy (non-hydrogen) atoms. The van der Waals surface area contributed by atoms with Gasteiger partial charge in [0.05, 0.1) is 5.69 Å². The zero-order valence-corrected chi connectivity index (χ0v) is 11.3. The molecule has 1 aromatic carbocycles. The van der Waals surface area contributed by atoms with E-state index in [0.29, 0.717) is 0 Å². The molecular weight excluding hydrogens is 246 g/mol. The van der Waals surface area contributed by atoms with E-state index in [1.54, 1.807) is 12.1 Å². The molecule has 1 aromatic rings.